The van der Waals surface area contributed by atoms with E-state index in [0.29, 0.717) is 0 Å². The molecule has 0 heterocycles. The molecule has 1 rings (SSSR count). The highest BCUT2D eigenvalue weighted by Gasteiger charge is 1.90. The standard InChI is InChI=1S/C11H15N/c1-3-8-12-11-7-5-6-10(4-2)9-11/h3,5-7,9,12H,1,4,8H2,2H3. The minimum atomic E-state index is 0.827. The fraction of sp³-hybridized carbons (Fsp3) is 0.273. The Bertz CT molecular complexity index is 253. The molecule has 64 valence electrons. The van der Waals surface area contributed by atoms with Crippen molar-refractivity contribution >= 4 is 5.69 Å². The Labute approximate surface area is 74.1 Å². The quantitative estimate of drug-likeness (QED) is 0.669. The number of benzene rings is 1. The van der Waals surface area contributed by atoms with E-state index in [9.17, 15) is 0 Å². The van der Waals surface area contributed by atoms with Crippen molar-refractivity contribution in [3.05, 3.63) is 42.5 Å². The molecule has 0 amide bonds. The van der Waals surface area contributed by atoms with E-state index < -0.39 is 0 Å². The molecule has 0 unspecified atom stereocenters. The number of hydrogen-bond acceptors (Lipinski definition) is 1. The van der Waals surface area contributed by atoms with Crippen molar-refractivity contribution in [3.63, 3.8) is 0 Å². The van der Waals surface area contributed by atoms with Gasteiger partial charge in [-0.25, -0.2) is 0 Å². The lowest BCUT2D eigenvalue weighted by molar-refractivity contribution is 1.14. The Morgan fingerprint density at radius 2 is 2.33 bits per heavy atom. The first kappa shape index (κ1) is 8.85. The number of anilines is 1. The van der Waals surface area contributed by atoms with E-state index >= 15 is 0 Å². The van der Waals surface area contributed by atoms with Crippen molar-refractivity contribution in [2.45, 2.75) is 13.3 Å². The third-order valence-electron chi connectivity index (χ3n) is 1.79. The second kappa shape index (κ2) is 4.60. The zero-order valence-electron chi connectivity index (χ0n) is 7.51. The maximum Gasteiger partial charge on any atom is 0.0345 e. The first-order chi connectivity index (χ1) is 5.86. The van der Waals surface area contributed by atoms with E-state index in [1.165, 1.54) is 11.3 Å². The summed E-state index contributed by atoms with van der Waals surface area (Å²) < 4.78 is 0. The summed E-state index contributed by atoms with van der Waals surface area (Å²) >= 11 is 0. The van der Waals surface area contributed by atoms with E-state index in [4.69, 9.17) is 0 Å². The second-order valence-corrected chi connectivity index (χ2v) is 2.72. The van der Waals surface area contributed by atoms with Gasteiger partial charge in [-0.15, -0.1) is 6.58 Å². The van der Waals surface area contributed by atoms with Crippen molar-refractivity contribution in [1.82, 2.24) is 0 Å². The molecule has 0 saturated heterocycles. The SMILES string of the molecule is C=CCNc1cccc(CC)c1. The van der Waals surface area contributed by atoms with Crippen LogP contribution in [0.3, 0.4) is 0 Å². The molecule has 0 spiro atoms. The van der Waals surface area contributed by atoms with Crippen LogP contribution >= 0.6 is 0 Å². The molecule has 1 N–H and O–H groups in total. The van der Waals surface area contributed by atoms with Crippen LogP contribution in [-0.4, -0.2) is 6.54 Å². The first-order valence-corrected chi connectivity index (χ1v) is 4.30. The van der Waals surface area contributed by atoms with Gasteiger partial charge in [0.05, 0.1) is 0 Å². The van der Waals surface area contributed by atoms with Crippen LogP contribution in [0.15, 0.2) is 36.9 Å². The molecular formula is C11H15N. The zero-order valence-corrected chi connectivity index (χ0v) is 7.51. The summed E-state index contributed by atoms with van der Waals surface area (Å²) in [6.45, 7) is 6.64. The minimum Gasteiger partial charge on any atom is -0.382 e. The van der Waals surface area contributed by atoms with Crippen molar-refractivity contribution in [2.75, 3.05) is 11.9 Å². The highest BCUT2D eigenvalue weighted by molar-refractivity contribution is 5.46. The average molecular weight is 161 g/mol. The Kier molecular flexibility index (Phi) is 3.39. The van der Waals surface area contributed by atoms with Crippen LogP contribution in [0, 0.1) is 0 Å². The lowest BCUT2D eigenvalue weighted by Gasteiger charge is -2.04. The molecule has 0 aliphatic rings. The van der Waals surface area contributed by atoms with Gasteiger partial charge < -0.3 is 5.32 Å². The van der Waals surface area contributed by atoms with E-state index in [1.54, 1.807) is 0 Å². The summed E-state index contributed by atoms with van der Waals surface area (Å²) in [6, 6.07) is 8.45. The summed E-state index contributed by atoms with van der Waals surface area (Å²) in [6.07, 6.45) is 2.95. The molecule has 1 nitrogen and oxygen atoms in total. The lowest BCUT2D eigenvalue weighted by Crippen LogP contribution is -1.97. The number of hydrogen-bond donors (Lipinski definition) is 1. The molecule has 0 aliphatic heterocycles. The lowest BCUT2D eigenvalue weighted by atomic mass is 10.1. The Morgan fingerprint density at radius 1 is 1.50 bits per heavy atom. The summed E-state index contributed by atoms with van der Waals surface area (Å²) in [5, 5.41) is 3.25. The van der Waals surface area contributed by atoms with Crippen LogP contribution in [0.2, 0.25) is 0 Å². The van der Waals surface area contributed by atoms with Crippen molar-refractivity contribution in [1.29, 1.82) is 0 Å². The maximum absolute atomic E-state index is 3.66. The normalized spacial score (nSPS) is 9.42. The predicted octanol–water partition coefficient (Wildman–Crippen LogP) is 2.85. The highest BCUT2D eigenvalue weighted by atomic mass is 14.8. The van der Waals surface area contributed by atoms with Gasteiger partial charge in [0, 0.05) is 12.2 Å². The van der Waals surface area contributed by atoms with Crippen LogP contribution in [0.25, 0.3) is 0 Å². The van der Waals surface area contributed by atoms with Gasteiger partial charge in [0.2, 0.25) is 0 Å². The van der Waals surface area contributed by atoms with E-state index in [1.807, 2.05) is 6.08 Å². The van der Waals surface area contributed by atoms with Gasteiger partial charge in [-0.2, -0.15) is 0 Å². The molecule has 1 heteroatoms. The molecule has 12 heavy (non-hydrogen) atoms. The molecule has 0 aromatic heterocycles. The second-order valence-electron chi connectivity index (χ2n) is 2.72. The topological polar surface area (TPSA) is 12.0 Å². The van der Waals surface area contributed by atoms with Gasteiger partial charge in [-0.3, -0.25) is 0 Å². The summed E-state index contributed by atoms with van der Waals surface area (Å²) in [5.41, 5.74) is 2.54. The molecule has 0 saturated carbocycles. The van der Waals surface area contributed by atoms with Gasteiger partial charge in [0.15, 0.2) is 0 Å². The molecular weight excluding hydrogens is 146 g/mol. The van der Waals surface area contributed by atoms with Crippen LogP contribution in [-0.2, 0) is 6.42 Å². The van der Waals surface area contributed by atoms with Crippen molar-refractivity contribution in [2.24, 2.45) is 0 Å². The van der Waals surface area contributed by atoms with E-state index in [2.05, 4.69) is 43.1 Å². The van der Waals surface area contributed by atoms with E-state index in [0.717, 1.165) is 13.0 Å². The molecule has 0 radical (unpaired) electrons. The molecule has 1 aromatic rings. The summed E-state index contributed by atoms with van der Waals surface area (Å²) in [4.78, 5) is 0. The minimum absolute atomic E-state index is 0.827. The molecule has 0 bridgehead atoms. The maximum atomic E-state index is 3.66. The van der Waals surface area contributed by atoms with Crippen LogP contribution in [0.5, 0.6) is 0 Å². The Hall–Kier alpha value is -1.24. The van der Waals surface area contributed by atoms with E-state index in [-0.39, 0.29) is 0 Å². The van der Waals surface area contributed by atoms with Gasteiger partial charge in [-0.05, 0) is 24.1 Å². The molecule has 1 aromatic carbocycles. The third-order valence-corrected chi connectivity index (χ3v) is 1.79. The number of aryl methyl sites for hydroxylation is 1. The highest BCUT2D eigenvalue weighted by Crippen LogP contribution is 2.10. The number of nitrogens with one attached hydrogen (secondary N) is 1. The van der Waals surface area contributed by atoms with Gasteiger partial charge >= 0.3 is 0 Å². The van der Waals surface area contributed by atoms with Crippen molar-refractivity contribution < 1.29 is 0 Å². The Morgan fingerprint density at radius 3 is 3.00 bits per heavy atom. The summed E-state index contributed by atoms with van der Waals surface area (Å²) in [7, 11) is 0. The Balaban J connectivity index is 2.65. The van der Waals surface area contributed by atoms with Gasteiger partial charge in [0.1, 0.15) is 0 Å². The largest absolute Gasteiger partial charge is 0.382 e. The molecule has 0 atom stereocenters. The van der Waals surface area contributed by atoms with Crippen LogP contribution in [0.1, 0.15) is 12.5 Å². The zero-order chi connectivity index (χ0) is 8.81. The van der Waals surface area contributed by atoms with Gasteiger partial charge in [0.25, 0.3) is 0 Å². The fourth-order valence-corrected chi connectivity index (χ4v) is 1.09. The smallest absolute Gasteiger partial charge is 0.0345 e. The number of rotatable bonds is 4. The third kappa shape index (κ3) is 2.42. The molecule has 0 aliphatic carbocycles. The van der Waals surface area contributed by atoms with Crippen LogP contribution < -0.4 is 5.32 Å². The molecule has 0 fully saturated rings. The van der Waals surface area contributed by atoms with Gasteiger partial charge in [-0.1, -0.05) is 25.1 Å². The summed E-state index contributed by atoms with van der Waals surface area (Å²) in [5.74, 6) is 0. The monoisotopic (exact) mass is 161 g/mol. The fourth-order valence-electron chi connectivity index (χ4n) is 1.09. The average Bonchev–Trinajstić information content (AvgIpc) is 2.15. The van der Waals surface area contributed by atoms with Crippen molar-refractivity contribution in [3.8, 4) is 0 Å². The predicted molar refractivity (Wildman–Crippen MR) is 54.5 cm³/mol. The first-order valence-electron chi connectivity index (χ1n) is 4.30. The van der Waals surface area contributed by atoms with Crippen LogP contribution in [0.4, 0.5) is 5.69 Å².